The first kappa shape index (κ1) is 19.8. The lowest BCUT2D eigenvalue weighted by molar-refractivity contribution is 0.403. The molecule has 4 aromatic rings. The lowest BCUT2D eigenvalue weighted by atomic mass is 10.1. The Morgan fingerprint density at radius 1 is 1.03 bits per heavy atom. The fraction of sp³-hybridized carbons (Fsp3) is 0.190. The number of benzene rings is 3. The van der Waals surface area contributed by atoms with Crippen LogP contribution in [0.4, 0.5) is 5.69 Å². The summed E-state index contributed by atoms with van der Waals surface area (Å²) in [7, 11) is -2.51. The minimum Gasteiger partial charge on any atom is -0.495 e. The maximum Gasteiger partial charge on any atom is 0.265 e. The van der Waals surface area contributed by atoms with E-state index in [-0.39, 0.29) is 16.7 Å². The monoisotopic (exact) mass is 423 g/mol. The van der Waals surface area contributed by atoms with Crippen molar-refractivity contribution in [2.24, 2.45) is 0 Å². The number of fused-ring (bicyclic) bond motifs is 1. The average Bonchev–Trinajstić information content (AvgIpc) is 3.24. The Morgan fingerprint density at radius 2 is 1.80 bits per heavy atom. The molecule has 0 aliphatic heterocycles. The molecule has 0 spiro atoms. The van der Waals surface area contributed by atoms with E-state index in [1.807, 2.05) is 50.2 Å². The zero-order valence-electron chi connectivity index (χ0n) is 16.8. The zero-order chi connectivity index (χ0) is 21.3. The SMILES string of the molecule is COc1ccc(-c2nnnn2C(C)C)cc1S(=O)(=O)Nc1cccc2ccccc12. The van der Waals surface area contributed by atoms with E-state index in [4.69, 9.17) is 4.74 Å². The van der Waals surface area contributed by atoms with E-state index in [0.29, 0.717) is 17.1 Å². The van der Waals surface area contributed by atoms with E-state index < -0.39 is 10.0 Å². The van der Waals surface area contributed by atoms with Gasteiger partial charge in [-0.2, -0.15) is 0 Å². The van der Waals surface area contributed by atoms with Crippen molar-refractivity contribution in [1.82, 2.24) is 20.2 Å². The topological polar surface area (TPSA) is 99.0 Å². The molecule has 154 valence electrons. The Bertz CT molecular complexity index is 1310. The van der Waals surface area contributed by atoms with E-state index in [0.717, 1.165) is 10.8 Å². The van der Waals surface area contributed by atoms with Crippen molar-refractivity contribution in [1.29, 1.82) is 0 Å². The van der Waals surface area contributed by atoms with Gasteiger partial charge in [-0.1, -0.05) is 36.4 Å². The third-order valence-corrected chi connectivity index (χ3v) is 6.11. The van der Waals surface area contributed by atoms with Gasteiger partial charge in [0.25, 0.3) is 10.0 Å². The Kier molecular flexibility index (Phi) is 5.13. The number of sulfonamides is 1. The van der Waals surface area contributed by atoms with Crippen molar-refractivity contribution in [3.05, 3.63) is 60.7 Å². The van der Waals surface area contributed by atoms with Crippen LogP contribution in [0, 0.1) is 0 Å². The van der Waals surface area contributed by atoms with Crippen molar-refractivity contribution in [3.8, 4) is 17.1 Å². The summed E-state index contributed by atoms with van der Waals surface area (Å²) < 4.78 is 36.3. The van der Waals surface area contributed by atoms with Crippen LogP contribution in [0.2, 0.25) is 0 Å². The van der Waals surface area contributed by atoms with Gasteiger partial charge in [0.15, 0.2) is 5.82 Å². The molecule has 0 fully saturated rings. The molecule has 0 unspecified atom stereocenters. The first-order chi connectivity index (χ1) is 14.4. The molecule has 3 aromatic carbocycles. The van der Waals surface area contributed by atoms with E-state index >= 15 is 0 Å². The van der Waals surface area contributed by atoms with Crippen LogP contribution in [0.15, 0.2) is 65.6 Å². The molecule has 8 nitrogen and oxygen atoms in total. The molecular formula is C21H21N5O3S. The highest BCUT2D eigenvalue weighted by atomic mass is 32.2. The van der Waals surface area contributed by atoms with Crippen molar-refractivity contribution in [3.63, 3.8) is 0 Å². The number of aromatic nitrogens is 4. The van der Waals surface area contributed by atoms with Gasteiger partial charge in [-0.3, -0.25) is 4.72 Å². The van der Waals surface area contributed by atoms with Gasteiger partial charge >= 0.3 is 0 Å². The second-order valence-electron chi connectivity index (χ2n) is 7.04. The second kappa shape index (κ2) is 7.75. The number of nitrogens with zero attached hydrogens (tertiary/aromatic N) is 4. The van der Waals surface area contributed by atoms with Gasteiger partial charge in [0.1, 0.15) is 10.6 Å². The molecule has 0 aliphatic carbocycles. The van der Waals surface area contributed by atoms with E-state index in [2.05, 4.69) is 20.2 Å². The minimum atomic E-state index is -3.95. The summed E-state index contributed by atoms with van der Waals surface area (Å²) in [6.07, 6.45) is 0. The predicted molar refractivity (Wildman–Crippen MR) is 115 cm³/mol. The van der Waals surface area contributed by atoms with Crippen LogP contribution in [-0.4, -0.2) is 35.7 Å². The van der Waals surface area contributed by atoms with Gasteiger partial charge in [0, 0.05) is 10.9 Å². The first-order valence-corrected chi connectivity index (χ1v) is 10.9. The largest absolute Gasteiger partial charge is 0.495 e. The molecule has 0 aliphatic rings. The van der Waals surface area contributed by atoms with Crippen molar-refractivity contribution in [2.75, 3.05) is 11.8 Å². The molecule has 0 radical (unpaired) electrons. The smallest absolute Gasteiger partial charge is 0.265 e. The molecule has 1 N–H and O–H groups in total. The maximum absolute atomic E-state index is 13.3. The molecule has 30 heavy (non-hydrogen) atoms. The van der Waals surface area contributed by atoms with E-state index in [9.17, 15) is 8.42 Å². The maximum atomic E-state index is 13.3. The first-order valence-electron chi connectivity index (χ1n) is 9.37. The summed E-state index contributed by atoms with van der Waals surface area (Å²) >= 11 is 0. The third kappa shape index (κ3) is 3.59. The Hall–Kier alpha value is -3.46. The van der Waals surface area contributed by atoms with Crippen LogP contribution in [-0.2, 0) is 10.0 Å². The molecule has 1 aromatic heterocycles. The lowest BCUT2D eigenvalue weighted by Crippen LogP contribution is -2.15. The average molecular weight is 423 g/mol. The van der Waals surface area contributed by atoms with E-state index in [1.54, 1.807) is 22.9 Å². The van der Waals surface area contributed by atoms with Gasteiger partial charge in [-0.15, -0.1) is 5.10 Å². The number of ether oxygens (including phenoxy) is 1. The van der Waals surface area contributed by atoms with Crippen LogP contribution in [0.25, 0.3) is 22.2 Å². The quantitative estimate of drug-likeness (QED) is 0.505. The Morgan fingerprint density at radius 3 is 2.57 bits per heavy atom. The minimum absolute atomic E-state index is 0.00809. The summed E-state index contributed by atoms with van der Waals surface area (Å²) in [5.41, 5.74) is 1.07. The van der Waals surface area contributed by atoms with Crippen LogP contribution in [0.3, 0.4) is 0 Å². The molecule has 1 heterocycles. The molecule has 0 saturated heterocycles. The second-order valence-corrected chi connectivity index (χ2v) is 8.69. The summed E-state index contributed by atoms with van der Waals surface area (Å²) in [5.74, 6) is 0.712. The number of rotatable bonds is 6. The molecule has 0 bridgehead atoms. The highest BCUT2D eigenvalue weighted by Crippen LogP contribution is 2.32. The van der Waals surface area contributed by atoms with Crippen LogP contribution < -0.4 is 9.46 Å². The van der Waals surface area contributed by atoms with Crippen molar-refractivity contribution < 1.29 is 13.2 Å². The molecule has 0 atom stereocenters. The summed E-state index contributed by atoms with van der Waals surface area (Å²) in [4.78, 5) is 0.00809. The Balaban J connectivity index is 1.81. The number of nitrogens with one attached hydrogen (secondary N) is 1. The van der Waals surface area contributed by atoms with Gasteiger partial charge in [-0.05, 0) is 53.9 Å². The fourth-order valence-corrected chi connectivity index (χ4v) is 4.55. The number of hydrogen-bond donors (Lipinski definition) is 1. The lowest BCUT2D eigenvalue weighted by Gasteiger charge is -2.15. The zero-order valence-corrected chi connectivity index (χ0v) is 17.6. The van der Waals surface area contributed by atoms with Crippen molar-refractivity contribution in [2.45, 2.75) is 24.8 Å². The summed E-state index contributed by atoms with van der Waals surface area (Å²) in [6, 6.07) is 17.9. The standard InChI is InChI=1S/C21H21N5O3S/c1-14(2)26-21(22-24-25-26)16-11-12-19(29-3)20(13-16)30(27,28)23-18-10-6-8-15-7-4-5-9-17(15)18/h4-14,23H,1-3H3. The van der Waals surface area contributed by atoms with Gasteiger partial charge in [-0.25, -0.2) is 13.1 Å². The third-order valence-electron chi connectivity index (χ3n) is 4.73. The molecular weight excluding hydrogens is 402 g/mol. The highest BCUT2D eigenvalue weighted by molar-refractivity contribution is 7.92. The van der Waals surface area contributed by atoms with Crippen LogP contribution >= 0.6 is 0 Å². The van der Waals surface area contributed by atoms with Gasteiger partial charge < -0.3 is 4.74 Å². The number of tetrazole rings is 1. The molecule has 0 amide bonds. The predicted octanol–water partition coefficient (Wildman–Crippen LogP) is 3.88. The Labute approximate surface area is 174 Å². The van der Waals surface area contributed by atoms with E-state index in [1.165, 1.54) is 13.2 Å². The van der Waals surface area contributed by atoms with Crippen LogP contribution in [0.5, 0.6) is 5.75 Å². The van der Waals surface area contributed by atoms with Crippen LogP contribution in [0.1, 0.15) is 19.9 Å². The number of anilines is 1. The molecule has 4 rings (SSSR count). The molecule has 9 heteroatoms. The van der Waals surface area contributed by atoms with Gasteiger partial charge in [0.05, 0.1) is 18.8 Å². The summed E-state index contributed by atoms with van der Waals surface area (Å²) in [6.45, 7) is 3.90. The number of methoxy groups -OCH3 is 1. The summed E-state index contributed by atoms with van der Waals surface area (Å²) in [5, 5.41) is 13.5. The fourth-order valence-electron chi connectivity index (χ4n) is 3.27. The number of hydrogen-bond acceptors (Lipinski definition) is 6. The van der Waals surface area contributed by atoms with Gasteiger partial charge in [0.2, 0.25) is 0 Å². The molecule has 0 saturated carbocycles. The normalized spacial score (nSPS) is 11.7. The highest BCUT2D eigenvalue weighted by Gasteiger charge is 2.23. The van der Waals surface area contributed by atoms with Crippen molar-refractivity contribution >= 4 is 26.5 Å².